The number of carbonyl (C=O) groups is 2. The summed E-state index contributed by atoms with van der Waals surface area (Å²) in [5, 5.41) is 8.62. The van der Waals surface area contributed by atoms with Crippen LogP contribution in [-0.4, -0.2) is 28.6 Å². The first-order valence-corrected chi connectivity index (χ1v) is 10.0. The van der Waals surface area contributed by atoms with Crippen LogP contribution in [0.1, 0.15) is 31.2 Å². The van der Waals surface area contributed by atoms with E-state index in [9.17, 15) is 9.59 Å². The molecular weight excluding hydrogens is 374 g/mol. The first-order valence-electron chi connectivity index (χ1n) is 9.16. The van der Waals surface area contributed by atoms with Gasteiger partial charge < -0.3 is 20.4 Å². The third-order valence-electron chi connectivity index (χ3n) is 4.12. The standard InChI is InChI=1S/C21H25N3O3S/c1-21(2,3)27-20(26)24-18(19(25)23-13-15-7-6-10-28-15)11-14-12-22-17-9-5-4-8-16(14)17/h4-10,12,18,22H,11,13H2,1-3H3,(H,23,25)(H,24,26)/t18-/m1/s1. The number of nitrogens with one attached hydrogen (secondary N) is 3. The van der Waals surface area contributed by atoms with Crippen LogP contribution in [0, 0.1) is 0 Å². The third-order valence-corrected chi connectivity index (χ3v) is 5.00. The van der Waals surface area contributed by atoms with Gasteiger partial charge in [-0.15, -0.1) is 11.3 Å². The van der Waals surface area contributed by atoms with Crippen LogP contribution in [0.5, 0.6) is 0 Å². The molecule has 3 aromatic rings. The fourth-order valence-electron chi connectivity index (χ4n) is 2.89. The highest BCUT2D eigenvalue weighted by Gasteiger charge is 2.25. The van der Waals surface area contributed by atoms with Gasteiger partial charge in [0.25, 0.3) is 0 Å². The number of hydrogen-bond donors (Lipinski definition) is 3. The van der Waals surface area contributed by atoms with Crippen LogP contribution in [0.25, 0.3) is 10.9 Å². The van der Waals surface area contributed by atoms with Gasteiger partial charge in [0.15, 0.2) is 0 Å². The molecule has 1 atom stereocenters. The molecule has 0 saturated carbocycles. The molecule has 2 amide bonds. The van der Waals surface area contributed by atoms with Gasteiger partial charge in [0, 0.05) is 28.4 Å². The molecule has 3 rings (SSSR count). The van der Waals surface area contributed by atoms with Crippen molar-refractivity contribution in [2.75, 3.05) is 0 Å². The second-order valence-corrected chi connectivity index (χ2v) is 8.59. The Bertz CT molecular complexity index is 941. The number of thiophene rings is 1. The topological polar surface area (TPSA) is 83.2 Å². The largest absolute Gasteiger partial charge is 0.444 e. The second kappa shape index (κ2) is 8.48. The van der Waals surface area contributed by atoms with E-state index < -0.39 is 17.7 Å². The fourth-order valence-corrected chi connectivity index (χ4v) is 3.53. The molecule has 0 unspecified atom stereocenters. The Kier molecular flexibility index (Phi) is 6.04. The molecular formula is C21H25N3O3S. The Morgan fingerprint density at radius 2 is 1.96 bits per heavy atom. The van der Waals surface area contributed by atoms with E-state index in [-0.39, 0.29) is 5.91 Å². The van der Waals surface area contributed by atoms with Gasteiger partial charge >= 0.3 is 6.09 Å². The van der Waals surface area contributed by atoms with Crippen LogP contribution < -0.4 is 10.6 Å². The molecule has 0 bridgehead atoms. The van der Waals surface area contributed by atoms with Gasteiger partial charge in [-0.2, -0.15) is 0 Å². The number of rotatable bonds is 6. The maximum atomic E-state index is 12.8. The minimum absolute atomic E-state index is 0.246. The Morgan fingerprint density at radius 1 is 1.18 bits per heavy atom. The van der Waals surface area contributed by atoms with Crippen LogP contribution in [0.3, 0.4) is 0 Å². The molecule has 0 fully saturated rings. The Balaban J connectivity index is 1.74. The third kappa shape index (κ3) is 5.36. The van der Waals surface area contributed by atoms with Crippen LogP contribution in [0.15, 0.2) is 48.0 Å². The van der Waals surface area contributed by atoms with Gasteiger partial charge in [0.05, 0.1) is 6.54 Å². The second-order valence-electron chi connectivity index (χ2n) is 7.56. The lowest BCUT2D eigenvalue weighted by molar-refractivity contribution is -0.123. The molecule has 3 N–H and O–H groups in total. The molecule has 28 heavy (non-hydrogen) atoms. The first-order chi connectivity index (χ1) is 13.3. The molecule has 1 aromatic carbocycles. The van der Waals surface area contributed by atoms with Gasteiger partial charge in [0.2, 0.25) is 5.91 Å². The van der Waals surface area contributed by atoms with E-state index in [0.29, 0.717) is 13.0 Å². The van der Waals surface area contributed by atoms with Gasteiger partial charge in [-0.1, -0.05) is 24.3 Å². The molecule has 0 aliphatic rings. The van der Waals surface area contributed by atoms with Crippen molar-refractivity contribution in [3.63, 3.8) is 0 Å². The number of aromatic amines is 1. The summed E-state index contributed by atoms with van der Waals surface area (Å²) >= 11 is 1.57. The smallest absolute Gasteiger partial charge is 0.408 e. The van der Waals surface area contributed by atoms with Gasteiger partial charge in [-0.05, 0) is 43.8 Å². The highest BCUT2D eigenvalue weighted by molar-refractivity contribution is 7.09. The molecule has 0 saturated heterocycles. The van der Waals surface area contributed by atoms with E-state index >= 15 is 0 Å². The maximum absolute atomic E-state index is 12.8. The normalized spacial score (nSPS) is 12.5. The van der Waals surface area contributed by atoms with E-state index in [2.05, 4.69) is 15.6 Å². The summed E-state index contributed by atoms with van der Waals surface area (Å²) in [7, 11) is 0. The van der Waals surface area contributed by atoms with E-state index in [4.69, 9.17) is 4.74 Å². The number of carbonyl (C=O) groups excluding carboxylic acids is 2. The number of amides is 2. The van der Waals surface area contributed by atoms with Crippen molar-refractivity contribution in [3.8, 4) is 0 Å². The van der Waals surface area contributed by atoms with Crippen molar-refractivity contribution in [2.24, 2.45) is 0 Å². The molecule has 7 heteroatoms. The number of H-pyrrole nitrogens is 1. The molecule has 2 heterocycles. The summed E-state index contributed by atoms with van der Waals surface area (Å²) in [5.41, 5.74) is 1.32. The summed E-state index contributed by atoms with van der Waals surface area (Å²) in [6.45, 7) is 5.80. The summed E-state index contributed by atoms with van der Waals surface area (Å²) < 4.78 is 5.34. The van der Waals surface area contributed by atoms with E-state index in [0.717, 1.165) is 21.3 Å². The lowest BCUT2D eigenvalue weighted by Gasteiger charge is -2.23. The van der Waals surface area contributed by atoms with Crippen molar-refractivity contribution < 1.29 is 14.3 Å². The van der Waals surface area contributed by atoms with Gasteiger partial charge in [-0.25, -0.2) is 4.79 Å². The number of para-hydroxylation sites is 1. The number of alkyl carbamates (subject to hydrolysis) is 1. The van der Waals surface area contributed by atoms with Crippen LogP contribution in [0.2, 0.25) is 0 Å². The van der Waals surface area contributed by atoms with Crippen molar-refractivity contribution >= 4 is 34.2 Å². The average Bonchev–Trinajstić information content (AvgIpc) is 3.27. The first kappa shape index (κ1) is 19.9. The lowest BCUT2D eigenvalue weighted by Crippen LogP contribution is -2.49. The summed E-state index contributed by atoms with van der Waals surface area (Å²) in [4.78, 5) is 29.4. The number of hydrogen-bond acceptors (Lipinski definition) is 4. The van der Waals surface area contributed by atoms with E-state index in [1.54, 1.807) is 32.1 Å². The summed E-state index contributed by atoms with van der Waals surface area (Å²) in [6.07, 6.45) is 1.63. The number of benzene rings is 1. The van der Waals surface area contributed by atoms with Crippen molar-refractivity contribution in [2.45, 2.75) is 45.4 Å². The predicted octanol–water partition coefficient (Wildman–Crippen LogP) is 3.98. The van der Waals surface area contributed by atoms with Crippen molar-refractivity contribution in [1.29, 1.82) is 0 Å². The molecule has 148 valence electrons. The van der Waals surface area contributed by atoms with Crippen molar-refractivity contribution in [3.05, 3.63) is 58.4 Å². The zero-order chi connectivity index (χ0) is 20.1. The Morgan fingerprint density at radius 3 is 2.68 bits per heavy atom. The number of fused-ring (bicyclic) bond motifs is 1. The van der Waals surface area contributed by atoms with Crippen LogP contribution in [-0.2, 0) is 22.5 Å². The van der Waals surface area contributed by atoms with Crippen LogP contribution in [0.4, 0.5) is 4.79 Å². The van der Waals surface area contributed by atoms with E-state index in [1.165, 1.54) is 0 Å². The van der Waals surface area contributed by atoms with Gasteiger partial charge in [0.1, 0.15) is 11.6 Å². The highest BCUT2D eigenvalue weighted by Crippen LogP contribution is 2.19. The lowest BCUT2D eigenvalue weighted by atomic mass is 10.0. The molecule has 0 aliphatic carbocycles. The predicted molar refractivity (Wildman–Crippen MR) is 111 cm³/mol. The summed E-state index contributed by atoms with van der Waals surface area (Å²) in [6, 6.07) is 11.0. The zero-order valence-corrected chi connectivity index (χ0v) is 17.1. The molecule has 0 radical (unpaired) electrons. The SMILES string of the molecule is CC(C)(C)OC(=O)N[C@H](Cc1c[nH]c2ccccc12)C(=O)NCc1cccs1. The monoisotopic (exact) mass is 399 g/mol. The van der Waals surface area contributed by atoms with E-state index in [1.807, 2.05) is 48.0 Å². The molecule has 0 aliphatic heterocycles. The molecule has 0 spiro atoms. The fraction of sp³-hybridized carbons (Fsp3) is 0.333. The average molecular weight is 400 g/mol. The quantitative estimate of drug-likeness (QED) is 0.586. The number of ether oxygens (including phenoxy) is 1. The van der Waals surface area contributed by atoms with Crippen molar-refractivity contribution in [1.82, 2.24) is 15.6 Å². The number of aromatic nitrogens is 1. The summed E-state index contributed by atoms with van der Waals surface area (Å²) in [5.74, 6) is -0.246. The Hall–Kier alpha value is -2.80. The minimum Gasteiger partial charge on any atom is -0.444 e. The Labute approximate surface area is 168 Å². The zero-order valence-electron chi connectivity index (χ0n) is 16.2. The molecule has 2 aromatic heterocycles. The highest BCUT2D eigenvalue weighted by atomic mass is 32.1. The maximum Gasteiger partial charge on any atom is 0.408 e. The molecule has 6 nitrogen and oxygen atoms in total. The van der Waals surface area contributed by atoms with Crippen LogP contribution >= 0.6 is 11.3 Å². The minimum atomic E-state index is -0.742. The van der Waals surface area contributed by atoms with Gasteiger partial charge in [-0.3, -0.25) is 4.79 Å².